The smallest absolute Gasteiger partial charge is 0.207 e. The van der Waals surface area contributed by atoms with E-state index in [9.17, 15) is 4.39 Å². The number of methoxy groups -OCH3 is 1. The summed E-state index contributed by atoms with van der Waals surface area (Å²) in [6, 6.07) is 5.19. The molecule has 0 unspecified atom stereocenters. The van der Waals surface area contributed by atoms with E-state index < -0.39 is 0 Å². The Morgan fingerprint density at radius 1 is 1.35 bits per heavy atom. The molecule has 1 heterocycles. The number of aryl methyl sites for hydroxylation is 2. The van der Waals surface area contributed by atoms with Crippen molar-refractivity contribution in [2.75, 3.05) is 25.6 Å². The molecule has 4 nitrogen and oxygen atoms in total. The highest BCUT2D eigenvalue weighted by molar-refractivity contribution is 5.44. The van der Waals surface area contributed by atoms with E-state index in [4.69, 9.17) is 4.74 Å². The molecule has 20 heavy (non-hydrogen) atoms. The van der Waals surface area contributed by atoms with Gasteiger partial charge in [-0.25, -0.2) is 9.37 Å². The van der Waals surface area contributed by atoms with Crippen molar-refractivity contribution >= 4 is 5.95 Å². The zero-order valence-corrected chi connectivity index (χ0v) is 12.1. The molecule has 0 aliphatic heterocycles. The Labute approximate surface area is 118 Å². The Balaban J connectivity index is 2.20. The summed E-state index contributed by atoms with van der Waals surface area (Å²) in [6.45, 7) is 5.13. The van der Waals surface area contributed by atoms with Crippen molar-refractivity contribution in [3.05, 3.63) is 41.5 Å². The lowest BCUT2D eigenvalue weighted by Crippen LogP contribution is -2.09. The van der Waals surface area contributed by atoms with Gasteiger partial charge in [-0.15, -0.1) is 0 Å². The Morgan fingerprint density at radius 2 is 2.15 bits per heavy atom. The van der Waals surface area contributed by atoms with Crippen LogP contribution in [0, 0.1) is 19.7 Å². The molecule has 0 radical (unpaired) electrons. The highest BCUT2D eigenvalue weighted by Crippen LogP contribution is 2.19. The van der Waals surface area contributed by atoms with Crippen LogP contribution in [0.4, 0.5) is 10.3 Å². The highest BCUT2D eigenvalue weighted by Gasteiger charge is 2.08. The summed E-state index contributed by atoms with van der Waals surface area (Å²) in [4.78, 5) is 4.43. The maximum Gasteiger partial charge on any atom is 0.207 e. The van der Waals surface area contributed by atoms with Gasteiger partial charge in [0.15, 0.2) is 0 Å². The zero-order chi connectivity index (χ0) is 14.5. The fraction of sp³-hybridized carbons (Fsp3) is 0.400. The molecule has 0 saturated carbocycles. The summed E-state index contributed by atoms with van der Waals surface area (Å²) < 4.78 is 20.6. The molecule has 5 heteroatoms. The van der Waals surface area contributed by atoms with E-state index in [0.29, 0.717) is 12.2 Å². The van der Waals surface area contributed by atoms with Crippen LogP contribution in [0.3, 0.4) is 0 Å². The Kier molecular flexibility index (Phi) is 4.74. The maximum absolute atomic E-state index is 13.7. The Bertz CT molecular complexity index is 580. The Morgan fingerprint density at radius 3 is 2.85 bits per heavy atom. The van der Waals surface area contributed by atoms with Crippen LogP contribution in [-0.2, 0) is 4.74 Å². The number of ether oxygens (including phenoxy) is 1. The fourth-order valence-electron chi connectivity index (χ4n) is 1.97. The van der Waals surface area contributed by atoms with Gasteiger partial charge >= 0.3 is 0 Å². The van der Waals surface area contributed by atoms with Gasteiger partial charge in [-0.2, -0.15) is 0 Å². The van der Waals surface area contributed by atoms with Gasteiger partial charge in [0.2, 0.25) is 5.95 Å². The number of hydrogen-bond donors (Lipinski definition) is 1. The van der Waals surface area contributed by atoms with Crippen molar-refractivity contribution in [3.8, 4) is 5.69 Å². The molecule has 1 N–H and O–H groups in total. The van der Waals surface area contributed by atoms with Gasteiger partial charge in [0, 0.05) is 26.5 Å². The van der Waals surface area contributed by atoms with Gasteiger partial charge < -0.3 is 10.1 Å². The quantitative estimate of drug-likeness (QED) is 0.825. The number of imidazole rings is 1. The largest absolute Gasteiger partial charge is 0.385 e. The number of aromatic nitrogens is 2. The second kappa shape index (κ2) is 6.52. The summed E-state index contributed by atoms with van der Waals surface area (Å²) >= 11 is 0. The molecule has 1 aromatic carbocycles. The number of nitrogens with zero attached hydrogens (tertiary/aromatic N) is 2. The minimum absolute atomic E-state index is 0.209. The van der Waals surface area contributed by atoms with Gasteiger partial charge in [-0.05, 0) is 38.0 Å². The minimum atomic E-state index is -0.209. The first kappa shape index (κ1) is 14.5. The predicted octanol–water partition coefficient (Wildman–Crippen LogP) is 3.08. The number of nitrogens with one attached hydrogen (secondary N) is 1. The summed E-state index contributed by atoms with van der Waals surface area (Å²) in [6.07, 6.45) is 2.79. The monoisotopic (exact) mass is 277 g/mol. The average molecular weight is 277 g/mol. The average Bonchev–Trinajstić information content (AvgIpc) is 2.79. The van der Waals surface area contributed by atoms with Crippen LogP contribution in [0.2, 0.25) is 0 Å². The van der Waals surface area contributed by atoms with E-state index in [1.807, 2.05) is 23.8 Å². The molecule has 0 aliphatic rings. The van der Waals surface area contributed by atoms with Crippen LogP contribution in [-0.4, -0.2) is 29.8 Å². The van der Waals surface area contributed by atoms with Crippen LogP contribution < -0.4 is 5.32 Å². The van der Waals surface area contributed by atoms with Crippen LogP contribution in [0.1, 0.15) is 17.7 Å². The second-order valence-corrected chi connectivity index (χ2v) is 4.78. The van der Waals surface area contributed by atoms with Crippen molar-refractivity contribution in [2.45, 2.75) is 20.3 Å². The first-order valence-corrected chi connectivity index (χ1v) is 6.67. The molecule has 0 bridgehead atoms. The van der Waals surface area contributed by atoms with Crippen molar-refractivity contribution in [3.63, 3.8) is 0 Å². The van der Waals surface area contributed by atoms with Crippen molar-refractivity contribution in [1.82, 2.24) is 9.55 Å². The molecule has 0 amide bonds. The third kappa shape index (κ3) is 3.36. The van der Waals surface area contributed by atoms with Crippen LogP contribution in [0.5, 0.6) is 0 Å². The van der Waals surface area contributed by atoms with E-state index >= 15 is 0 Å². The fourth-order valence-corrected chi connectivity index (χ4v) is 1.97. The lowest BCUT2D eigenvalue weighted by molar-refractivity contribution is 0.197. The topological polar surface area (TPSA) is 39.1 Å². The van der Waals surface area contributed by atoms with Crippen molar-refractivity contribution < 1.29 is 9.13 Å². The lowest BCUT2D eigenvalue weighted by Gasteiger charge is -2.10. The number of hydrogen-bond acceptors (Lipinski definition) is 3. The van der Waals surface area contributed by atoms with Gasteiger partial charge in [-0.3, -0.25) is 4.57 Å². The van der Waals surface area contributed by atoms with E-state index in [-0.39, 0.29) is 5.82 Å². The van der Waals surface area contributed by atoms with E-state index in [2.05, 4.69) is 10.3 Å². The second-order valence-electron chi connectivity index (χ2n) is 4.78. The number of halogens is 1. The number of benzene rings is 1. The van der Waals surface area contributed by atoms with Crippen LogP contribution >= 0.6 is 0 Å². The molecule has 0 atom stereocenters. The highest BCUT2D eigenvalue weighted by atomic mass is 19.1. The molecular formula is C15H20FN3O. The van der Waals surface area contributed by atoms with Gasteiger partial charge in [0.05, 0.1) is 11.4 Å². The third-order valence-electron chi connectivity index (χ3n) is 3.07. The summed E-state index contributed by atoms with van der Waals surface area (Å²) in [7, 11) is 1.68. The molecule has 2 aromatic rings. The molecule has 2 rings (SSSR count). The van der Waals surface area contributed by atoms with Crippen LogP contribution in [0.15, 0.2) is 24.4 Å². The Hall–Kier alpha value is -1.88. The van der Waals surface area contributed by atoms with Crippen LogP contribution in [0.25, 0.3) is 5.69 Å². The molecule has 0 saturated heterocycles. The molecule has 0 fully saturated rings. The van der Waals surface area contributed by atoms with Crippen molar-refractivity contribution in [1.29, 1.82) is 0 Å². The summed E-state index contributed by atoms with van der Waals surface area (Å²) in [5.41, 5.74) is 2.29. The summed E-state index contributed by atoms with van der Waals surface area (Å²) in [5, 5.41) is 3.25. The minimum Gasteiger partial charge on any atom is -0.385 e. The SMILES string of the molecule is COCCCNc1nc(C)cn1-c1ccc(C)c(F)c1. The molecule has 0 spiro atoms. The molecule has 1 aromatic heterocycles. The van der Waals surface area contributed by atoms with Gasteiger partial charge in [0.25, 0.3) is 0 Å². The lowest BCUT2D eigenvalue weighted by atomic mass is 10.2. The van der Waals surface area contributed by atoms with Crippen molar-refractivity contribution in [2.24, 2.45) is 0 Å². The van der Waals surface area contributed by atoms with E-state index in [1.165, 1.54) is 6.07 Å². The van der Waals surface area contributed by atoms with E-state index in [0.717, 1.165) is 30.3 Å². The summed E-state index contributed by atoms with van der Waals surface area (Å²) in [5.74, 6) is 0.515. The third-order valence-corrected chi connectivity index (χ3v) is 3.07. The van der Waals surface area contributed by atoms with Gasteiger partial charge in [0.1, 0.15) is 5.82 Å². The molecular weight excluding hydrogens is 257 g/mol. The standard InChI is InChI=1S/C15H20FN3O/c1-11-5-6-13(9-14(11)16)19-10-12(2)18-15(19)17-7-4-8-20-3/h5-6,9-10H,4,7-8H2,1-3H3,(H,17,18). The molecule has 0 aliphatic carbocycles. The number of rotatable bonds is 6. The maximum atomic E-state index is 13.7. The first-order chi connectivity index (χ1) is 9.61. The molecule has 108 valence electrons. The predicted molar refractivity (Wildman–Crippen MR) is 78.0 cm³/mol. The first-order valence-electron chi connectivity index (χ1n) is 6.67. The number of anilines is 1. The zero-order valence-electron chi connectivity index (χ0n) is 12.1. The van der Waals surface area contributed by atoms with E-state index in [1.54, 1.807) is 20.1 Å². The van der Waals surface area contributed by atoms with Gasteiger partial charge in [-0.1, -0.05) is 6.07 Å². The normalized spacial score (nSPS) is 10.8.